The molecule has 0 saturated carbocycles. The largest absolute Gasteiger partial charge is 0.489 e. The molecule has 2 heterocycles. The van der Waals surface area contributed by atoms with Crippen LogP contribution in [0.3, 0.4) is 0 Å². The summed E-state index contributed by atoms with van der Waals surface area (Å²) in [5, 5.41) is 0. The number of nitrogens with zero attached hydrogens (tertiary/aromatic N) is 3. The fourth-order valence-electron chi connectivity index (χ4n) is 3.22. The maximum atomic E-state index is 5.92. The summed E-state index contributed by atoms with van der Waals surface area (Å²) in [7, 11) is 2.12. The molecule has 0 fully saturated rings. The van der Waals surface area contributed by atoms with E-state index in [1.54, 1.807) is 12.4 Å². The van der Waals surface area contributed by atoms with Gasteiger partial charge in [0.15, 0.2) is 0 Å². The maximum Gasteiger partial charge on any atom is 0.120 e. The summed E-state index contributed by atoms with van der Waals surface area (Å²) in [4.78, 5) is 11.1. The van der Waals surface area contributed by atoms with Crippen molar-refractivity contribution in [2.75, 3.05) is 25.0 Å². The van der Waals surface area contributed by atoms with E-state index < -0.39 is 0 Å². The van der Waals surface area contributed by atoms with E-state index in [4.69, 9.17) is 9.73 Å². The monoisotopic (exact) mass is 441 g/mol. The summed E-state index contributed by atoms with van der Waals surface area (Å²) in [5.41, 5.74) is 5.60. The minimum Gasteiger partial charge on any atom is -0.489 e. The van der Waals surface area contributed by atoms with Crippen LogP contribution >= 0.6 is 24.8 Å². The Morgan fingerprint density at radius 2 is 1.77 bits per heavy atom. The van der Waals surface area contributed by atoms with Crippen molar-refractivity contribution in [1.82, 2.24) is 4.98 Å². The smallest absolute Gasteiger partial charge is 0.120 e. The number of fused-ring (bicyclic) bond motifs is 1. The van der Waals surface area contributed by atoms with Crippen LogP contribution in [0.4, 0.5) is 5.69 Å². The van der Waals surface area contributed by atoms with Crippen molar-refractivity contribution in [3.05, 3.63) is 95.8 Å². The van der Waals surface area contributed by atoms with Gasteiger partial charge in [-0.3, -0.25) is 9.98 Å². The number of hydrogen-bond donors (Lipinski definition) is 0. The van der Waals surface area contributed by atoms with Crippen LogP contribution < -0.4 is 9.64 Å². The predicted octanol–water partition coefficient (Wildman–Crippen LogP) is 5.46. The molecule has 156 valence electrons. The lowest BCUT2D eigenvalue weighted by Gasteiger charge is -2.18. The Kier molecular flexibility index (Phi) is 8.90. The van der Waals surface area contributed by atoms with E-state index in [1.807, 2.05) is 30.3 Å². The van der Waals surface area contributed by atoms with Gasteiger partial charge in [-0.1, -0.05) is 36.4 Å². The number of benzodiazepines with no additional fused rings is 1. The Bertz CT molecular complexity index is 1010. The number of hydrogen-bond acceptors (Lipinski definition) is 4. The number of benzene rings is 2. The average Bonchev–Trinajstić information content (AvgIpc) is 2.91. The van der Waals surface area contributed by atoms with Gasteiger partial charge in [0, 0.05) is 37.2 Å². The summed E-state index contributed by atoms with van der Waals surface area (Å²) in [5.74, 6) is 0.849. The lowest BCUT2D eigenvalue weighted by Crippen LogP contribution is -2.20. The van der Waals surface area contributed by atoms with Crippen LogP contribution in [0.1, 0.15) is 16.7 Å². The van der Waals surface area contributed by atoms with Gasteiger partial charge < -0.3 is 9.64 Å². The second-order valence-electron chi connectivity index (χ2n) is 6.76. The summed E-state index contributed by atoms with van der Waals surface area (Å²) < 4.78 is 5.92. The van der Waals surface area contributed by atoms with Crippen molar-refractivity contribution in [2.45, 2.75) is 6.61 Å². The molecule has 0 amide bonds. The van der Waals surface area contributed by atoms with E-state index in [2.05, 4.69) is 59.4 Å². The van der Waals surface area contributed by atoms with Crippen molar-refractivity contribution >= 4 is 42.3 Å². The van der Waals surface area contributed by atoms with Gasteiger partial charge in [0.05, 0.1) is 12.3 Å². The first-order chi connectivity index (χ1) is 13.8. The second kappa shape index (κ2) is 11.4. The first kappa shape index (κ1) is 23.5. The van der Waals surface area contributed by atoms with Crippen molar-refractivity contribution in [3.63, 3.8) is 0 Å². The zero-order chi connectivity index (χ0) is 19.2. The van der Waals surface area contributed by atoms with Crippen LogP contribution in [0.2, 0.25) is 0 Å². The van der Waals surface area contributed by atoms with Crippen molar-refractivity contribution in [1.29, 1.82) is 0 Å². The molecule has 0 saturated heterocycles. The molecular weight excluding hydrogens is 417 g/mol. The zero-order valence-electron chi connectivity index (χ0n) is 16.8. The number of pyridine rings is 1. The fourth-order valence-corrected chi connectivity index (χ4v) is 3.22. The van der Waals surface area contributed by atoms with E-state index in [1.165, 1.54) is 11.3 Å². The van der Waals surface area contributed by atoms with Gasteiger partial charge in [-0.25, -0.2) is 0 Å². The average molecular weight is 442 g/mol. The lowest BCUT2D eigenvalue weighted by atomic mass is 10.1. The molecule has 0 spiro atoms. The molecule has 6 heteroatoms. The molecule has 3 aromatic rings. The highest BCUT2D eigenvalue weighted by atomic mass is 35.5. The van der Waals surface area contributed by atoms with Crippen molar-refractivity contribution in [3.8, 4) is 5.75 Å². The van der Waals surface area contributed by atoms with E-state index in [-0.39, 0.29) is 24.8 Å². The molecule has 30 heavy (non-hydrogen) atoms. The lowest BCUT2D eigenvalue weighted by molar-refractivity contribution is 0.306. The quantitative estimate of drug-likeness (QED) is 0.527. The van der Waals surface area contributed by atoms with E-state index in [0.29, 0.717) is 6.61 Å². The van der Waals surface area contributed by atoms with Crippen LogP contribution in [0.15, 0.2) is 84.1 Å². The molecule has 0 bridgehead atoms. The van der Waals surface area contributed by atoms with Gasteiger partial charge in [-0.2, -0.15) is 0 Å². The van der Waals surface area contributed by atoms with Gasteiger partial charge in [-0.05, 0) is 47.5 Å². The number of aromatic nitrogens is 1. The van der Waals surface area contributed by atoms with Crippen molar-refractivity contribution < 1.29 is 4.74 Å². The number of halogens is 2. The Morgan fingerprint density at radius 1 is 0.967 bits per heavy atom. The molecule has 1 aliphatic rings. The summed E-state index contributed by atoms with van der Waals surface area (Å²) in [6.45, 7) is 2.24. The zero-order valence-corrected chi connectivity index (χ0v) is 18.4. The van der Waals surface area contributed by atoms with Crippen LogP contribution in [-0.2, 0) is 6.61 Å². The summed E-state index contributed by atoms with van der Waals surface area (Å²) in [6.07, 6.45) is 7.75. The highest BCUT2D eigenvalue weighted by Gasteiger charge is 2.13. The number of ether oxygens (including phenoxy) is 1. The van der Waals surface area contributed by atoms with Gasteiger partial charge >= 0.3 is 0 Å². The van der Waals surface area contributed by atoms with Crippen LogP contribution in [0.5, 0.6) is 5.75 Å². The Hall–Kier alpha value is -2.82. The molecule has 0 unspecified atom stereocenters. The molecule has 0 aliphatic carbocycles. The number of allylic oxidation sites excluding steroid dienone is 1. The third-order valence-corrected chi connectivity index (χ3v) is 4.76. The number of likely N-dealkylation sites (N-methyl/N-ethyl adjacent to an activating group) is 1. The Labute approximate surface area is 190 Å². The first-order valence-corrected chi connectivity index (χ1v) is 9.44. The second-order valence-corrected chi connectivity index (χ2v) is 6.76. The van der Waals surface area contributed by atoms with Gasteiger partial charge in [-0.15, -0.1) is 24.8 Å². The normalized spacial score (nSPS) is 12.8. The van der Waals surface area contributed by atoms with E-state index in [0.717, 1.165) is 35.7 Å². The highest BCUT2D eigenvalue weighted by molar-refractivity contribution is 6.14. The van der Waals surface area contributed by atoms with Gasteiger partial charge in [0.1, 0.15) is 12.4 Å². The minimum absolute atomic E-state index is 0. The predicted molar refractivity (Wildman–Crippen MR) is 130 cm³/mol. The molecule has 1 aliphatic heterocycles. The van der Waals surface area contributed by atoms with Gasteiger partial charge in [0.25, 0.3) is 0 Å². The SMILES string of the molecule is CN1CCN=C(C=Cc2cccc(OCc3ccncc3)c2)c2ccccc21.Cl.Cl. The highest BCUT2D eigenvalue weighted by Crippen LogP contribution is 2.23. The van der Waals surface area contributed by atoms with Crippen LogP contribution in [0, 0.1) is 0 Å². The topological polar surface area (TPSA) is 37.7 Å². The third kappa shape index (κ3) is 5.85. The summed E-state index contributed by atoms with van der Waals surface area (Å²) >= 11 is 0. The standard InChI is InChI=1S/C24H23N3O.2ClH/c1-27-16-15-26-23(22-7-2-3-8-24(22)27)10-9-19-5-4-6-21(17-19)28-18-20-11-13-25-14-12-20;;/h2-14,17H,15-16,18H2,1H3;2*1H. The van der Waals surface area contributed by atoms with E-state index in [9.17, 15) is 0 Å². The number of para-hydroxylation sites is 1. The Balaban J connectivity index is 0.00000160. The maximum absolute atomic E-state index is 5.92. The molecule has 0 N–H and O–H groups in total. The van der Waals surface area contributed by atoms with E-state index >= 15 is 0 Å². The molecule has 2 aromatic carbocycles. The van der Waals surface area contributed by atoms with Crippen LogP contribution in [-0.4, -0.2) is 30.8 Å². The molecule has 4 nitrogen and oxygen atoms in total. The minimum atomic E-state index is 0. The third-order valence-electron chi connectivity index (χ3n) is 4.76. The van der Waals surface area contributed by atoms with Gasteiger partial charge in [0.2, 0.25) is 0 Å². The number of anilines is 1. The molecule has 4 rings (SSSR count). The van der Waals surface area contributed by atoms with Crippen LogP contribution in [0.25, 0.3) is 6.08 Å². The Morgan fingerprint density at radius 3 is 2.60 bits per heavy atom. The fraction of sp³-hybridized carbons (Fsp3) is 0.167. The van der Waals surface area contributed by atoms with Crippen molar-refractivity contribution in [2.24, 2.45) is 4.99 Å². The number of rotatable bonds is 5. The summed E-state index contributed by atoms with van der Waals surface area (Å²) in [6, 6.07) is 20.5. The number of aliphatic imine (C=N–C) groups is 1. The molecule has 1 aromatic heterocycles. The molecular formula is C24H25Cl2N3O. The molecule has 0 radical (unpaired) electrons. The first-order valence-electron chi connectivity index (χ1n) is 9.44. The molecule has 0 atom stereocenters.